The summed E-state index contributed by atoms with van der Waals surface area (Å²) in [5, 5.41) is 11.6. The van der Waals surface area contributed by atoms with Crippen LogP contribution in [0.25, 0.3) is 22.3 Å². The van der Waals surface area contributed by atoms with Crippen molar-refractivity contribution in [2.75, 3.05) is 5.32 Å². The molecule has 0 saturated heterocycles. The number of amides is 1. The Labute approximate surface area is 200 Å². The third kappa shape index (κ3) is 4.19. The van der Waals surface area contributed by atoms with Crippen LogP contribution in [0.15, 0.2) is 61.4 Å². The molecule has 5 aromatic rings. The van der Waals surface area contributed by atoms with E-state index in [0.717, 1.165) is 6.20 Å². The average molecular weight is 499 g/mol. The van der Waals surface area contributed by atoms with E-state index in [4.69, 9.17) is 11.6 Å². The molecule has 0 unspecified atom stereocenters. The number of hydrogen-bond acceptors (Lipinski definition) is 6. The number of anilines is 1. The standard InChI is InChI=1S/C22H14ClF3N8O/c1-12-29-11-33(32-12)20-17(23)6-14(8-28-20)31-21(35)16-9-30-34(19(16)22(24,25)26)18-10-27-7-13-4-2-3-5-15(13)18/h2-11H,1H3,(H,31,35). The first-order chi connectivity index (χ1) is 16.7. The number of carbonyl (C=O) groups excluding carboxylic acids is 1. The average Bonchev–Trinajstić information content (AvgIpc) is 3.45. The maximum absolute atomic E-state index is 14.1. The lowest BCUT2D eigenvalue weighted by Gasteiger charge is -2.14. The lowest BCUT2D eigenvalue weighted by atomic mass is 10.1. The monoisotopic (exact) mass is 498 g/mol. The van der Waals surface area contributed by atoms with E-state index in [0.29, 0.717) is 21.3 Å². The maximum atomic E-state index is 14.1. The number of aryl methyl sites for hydroxylation is 1. The zero-order valence-electron chi connectivity index (χ0n) is 17.8. The molecular weight excluding hydrogens is 485 g/mol. The number of alkyl halides is 3. The lowest BCUT2D eigenvalue weighted by molar-refractivity contribution is -0.143. The van der Waals surface area contributed by atoms with Crippen LogP contribution in [0.2, 0.25) is 5.02 Å². The molecule has 35 heavy (non-hydrogen) atoms. The van der Waals surface area contributed by atoms with Crippen LogP contribution in [-0.2, 0) is 6.18 Å². The summed E-state index contributed by atoms with van der Waals surface area (Å²) < 4.78 is 44.4. The van der Waals surface area contributed by atoms with Crippen molar-refractivity contribution < 1.29 is 18.0 Å². The fraction of sp³-hybridized carbons (Fsp3) is 0.0909. The molecule has 0 fully saturated rings. The zero-order valence-corrected chi connectivity index (χ0v) is 18.6. The Morgan fingerprint density at radius 2 is 1.89 bits per heavy atom. The normalized spacial score (nSPS) is 11.7. The van der Waals surface area contributed by atoms with Crippen molar-refractivity contribution in [3.8, 4) is 11.5 Å². The molecule has 0 saturated carbocycles. The first-order valence-corrected chi connectivity index (χ1v) is 10.4. The fourth-order valence-corrected chi connectivity index (χ4v) is 3.81. The van der Waals surface area contributed by atoms with Crippen LogP contribution in [0.1, 0.15) is 21.9 Å². The molecule has 0 atom stereocenters. The molecule has 9 nitrogen and oxygen atoms in total. The van der Waals surface area contributed by atoms with Gasteiger partial charge in [0.2, 0.25) is 0 Å². The van der Waals surface area contributed by atoms with Crippen molar-refractivity contribution in [1.29, 1.82) is 0 Å². The highest BCUT2D eigenvalue weighted by Crippen LogP contribution is 2.35. The van der Waals surface area contributed by atoms with Gasteiger partial charge in [-0.05, 0) is 13.0 Å². The highest BCUT2D eigenvalue weighted by Gasteiger charge is 2.41. The van der Waals surface area contributed by atoms with Gasteiger partial charge in [-0.25, -0.2) is 19.3 Å². The SMILES string of the molecule is Cc1ncn(-c2ncc(NC(=O)c3cnn(-c4cncc5ccccc45)c3C(F)(F)F)cc2Cl)n1. The Morgan fingerprint density at radius 3 is 2.60 bits per heavy atom. The van der Waals surface area contributed by atoms with Crippen molar-refractivity contribution in [3.63, 3.8) is 0 Å². The molecular formula is C22H14ClF3N8O. The van der Waals surface area contributed by atoms with Gasteiger partial charge in [0.1, 0.15) is 12.2 Å². The second-order valence-electron chi connectivity index (χ2n) is 7.42. The van der Waals surface area contributed by atoms with E-state index in [9.17, 15) is 18.0 Å². The smallest absolute Gasteiger partial charge is 0.320 e. The first kappa shape index (κ1) is 22.5. The quantitative estimate of drug-likeness (QED) is 0.387. The van der Waals surface area contributed by atoms with E-state index in [1.807, 2.05) is 0 Å². The van der Waals surface area contributed by atoms with Gasteiger partial charge >= 0.3 is 6.18 Å². The molecule has 176 valence electrons. The van der Waals surface area contributed by atoms with E-state index in [1.54, 1.807) is 31.2 Å². The Morgan fingerprint density at radius 1 is 1.09 bits per heavy atom. The molecule has 4 heterocycles. The molecule has 0 bridgehead atoms. The summed E-state index contributed by atoms with van der Waals surface area (Å²) >= 11 is 6.24. The van der Waals surface area contributed by atoms with Crippen LogP contribution in [0.3, 0.4) is 0 Å². The second kappa shape index (κ2) is 8.47. The largest absolute Gasteiger partial charge is 0.434 e. The van der Waals surface area contributed by atoms with Crippen molar-refractivity contribution in [3.05, 3.63) is 83.6 Å². The molecule has 4 aromatic heterocycles. The molecule has 0 aliphatic heterocycles. The molecule has 1 aromatic carbocycles. The minimum atomic E-state index is -4.88. The predicted molar refractivity (Wildman–Crippen MR) is 121 cm³/mol. The van der Waals surface area contributed by atoms with Gasteiger partial charge in [0.25, 0.3) is 5.91 Å². The van der Waals surface area contributed by atoms with Crippen LogP contribution >= 0.6 is 11.6 Å². The van der Waals surface area contributed by atoms with Crippen molar-refractivity contribution in [2.45, 2.75) is 13.1 Å². The number of hydrogen-bond donors (Lipinski definition) is 1. The molecule has 5 rings (SSSR count). The Hall–Kier alpha value is -4.32. The van der Waals surface area contributed by atoms with Gasteiger partial charge < -0.3 is 5.32 Å². The Kier molecular flexibility index (Phi) is 5.44. The van der Waals surface area contributed by atoms with Crippen molar-refractivity contribution in [2.24, 2.45) is 0 Å². The van der Waals surface area contributed by atoms with E-state index in [-0.39, 0.29) is 22.2 Å². The Bertz CT molecular complexity index is 1570. The number of benzene rings is 1. The van der Waals surface area contributed by atoms with Crippen molar-refractivity contribution >= 4 is 34.0 Å². The van der Waals surface area contributed by atoms with Gasteiger partial charge in [-0.2, -0.15) is 23.4 Å². The van der Waals surface area contributed by atoms with Gasteiger partial charge in [-0.1, -0.05) is 35.9 Å². The number of pyridine rings is 2. The van der Waals surface area contributed by atoms with Crippen molar-refractivity contribution in [1.82, 2.24) is 34.5 Å². The summed E-state index contributed by atoms with van der Waals surface area (Å²) in [5.74, 6) is -0.283. The van der Waals surface area contributed by atoms with E-state index in [1.165, 1.54) is 35.7 Å². The lowest BCUT2D eigenvalue weighted by Crippen LogP contribution is -2.21. The van der Waals surface area contributed by atoms with E-state index >= 15 is 0 Å². The molecule has 0 radical (unpaired) electrons. The van der Waals surface area contributed by atoms with Gasteiger partial charge in [0.15, 0.2) is 11.5 Å². The molecule has 1 amide bonds. The molecule has 13 heteroatoms. The first-order valence-electron chi connectivity index (χ1n) is 10.1. The summed E-state index contributed by atoms with van der Waals surface area (Å²) in [4.78, 5) is 25.0. The van der Waals surface area contributed by atoms with Crippen LogP contribution < -0.4 is 5.32 Å². The summed E-state index contributed by atoms with van der Waals surface area (Å²) in [6.45, 7) is 1.69. The van der Waals surface area contributed by atoms with E-state index < -0.39 is 23.3 Å². The highest BCUT2D eigenvalue weighted by atomic mass is 35.5. The van der Waals surface area contributed by atoms with Crippen LogP contribution in [0.5, 0.6) is 0 Å². The molecule has 1 N–H and O–H groups in total. The molecule has 0 spiro atoms. The second-order valence-corrected chi connectivity index (χ2v) is 7.82. The third-order valence-corrected chi connectivity index (χ3v) is 5.34. The number of nitrogens with one attached hydrogen (secondary N) is 1. The van der Waals surface area contributed by atoms with Gasteiger partial charge in [0.05, 0.1) is 40.6 Å². The highest BCUT2D eigenvalue weighted by molar-refractivity contribution is 6.32. The Balaban J connectivity index is 1.51. The number of aromatic nitrogens is 7. The number of nitrogens with zero attached hydrogens (tertiary/aromatic N) is 7. The number of carbonyl (C=O) groups is 1. The summed E-state index contributed by atoms with van der Waals surface area (Å²) in [7, 11) is 0. The number of halogens is 4. The predicted octanol–water partition coefficient (Wildman–Crippen LogP) is 4.63. The molecule has 0 aliphatic carbocycles. The van der Waals surface area contributed by atoms with Crippen LogP contribution in [0, 0.1) is 6.92 Å². The van der Waals surface area contributed by atoms with Gasteiger partial charge in [0, 0.05) is 17.0 Å². The summed E-state index contributed by atoms with van der Waals surface area (Å²) in [6, 6.07) is 8.16. The summed E-state index contributed by atoms with van der Waals surface area (Å²) in [5.41, 5.74) is -1.72. The third-order valence-electron chi connectivity index (χ3n) is 5.06. The zero-order chi connectivity index (χ0) is 24.7. The van der Waals surface area contributed by atoms with Gasteiger partial charge in [-0.3, -0.25) is 9.78 Å². The van der Waals surface area contributed by atoms with Crippen LogP contribution in [0.4, 0.5) is 18.9 Å². The maximum Gasteiger partial charge on any atom is 0.434 e. The number of rotatable bonds is 4. The summed E-state index contributed by atoms with van der Waals surface area (Å²) in [6.07, 6.45) is 1.44. The van der Waals surface area contributed by atoms with Crippen LogP contribution in [-0.4, -0.2) is 40.4 Å². The minimum absolute atomic E-state index is 0.0895. The number of fused-ring (bicyclic) bond motifs is 1. The van der Waals surface area contributed by atoms with Gasteiger partial charge in [-0.15, -0.1) is 0 Å². The minimum Gasteiger partial charge on any atom is -0.320 e. The molecule has 0 aliphatic rings. The van der Waals surface area contributed by atoms with E-state index in [2.05, 4.69) is 30.5 Å². The topological polar surface area (TPSA) is 103 Å². The fourth-order valence-electron chi connectivity index (χ4n) is 3.55.